The third-order valence-corrected chi connectivity index (χ3v) is 4.51. The van der Waals surface area contributed by atoms with Crippen LogP contribution in [-0.4, -0.2) is 37.6 Å². The monoisotopic (exact) mass is 362 g/mol. The number of rotatable bonds is 3. The van der Waals surface area contributed by atoms with Crippen LogP contribution in [0.1, 0.15) is 24.4 Å². The number of nitrogens with one attached hydrogen (secondary N) is 1. The van der Waals surface area contributed by atoms with E-state index in [1.807, 2.05) is 10.9 Å². The lowest BCUT2D eigenvalue weighted by Gasteiger charge is -2.22. The summed E-state index contributed by atoms with van der Waals surface area (Å²) in [5.41, 5.74) is 0.211. The Balaban J connectivity index is 1.67. The van der Waals surface area contributed by atoms with E-state index in [2.05, 4.69) is 20.6 Å². The fourth-order valence-corrected chi connectivity index (χ4v) is 3.16. The predicted molar refractivity (Wildman–Crippen MR) is 88.7 cm³/mol. The largest absolute Gasteiger partial charge is 0.416 e. The first kappa shape index (κ1) is 16.8. The highest BCUT2D eigenvalue weighted by Gasteiger charge is 2.30. The lowest BCUT2D eigenvalue weighted by atomic mass is 10.1. The molecular formula is C17H17F3N6. The minimum Gasteiger partial charge on any atom is -0.317 e. The molecule has 0 amide bonds. The van der Waals surface area contributed by atoms with Crippen LogP contribution in [0.3, 0.4) is 0 Å². The summed E-state index contributed by atoms with van der Waals surface area (Å²) in [4.78, 5) is 4.27. The van der Waals surface area contributed by atoms with E-state index in [9.17, 15) is 13.2 Å². The lowest BCUT2D eigenvalue weighted by Crippen LogP contribution is -2.29. The first-order valence-corrected chi connectivity index (χ1v) is 8.36. The number of hydrogen-bond donors (Lipinski definition) is 1. The van der Waals surface area contributed by atoms with E-state index in [-0.39, 0.29) is 6.04 Å². The smallest absolute Gasteiger partial charge is 0.317 e. The van der Waals surface area contributed by atoms with Gasteiger partial charge in [-0.25, -0.2) is 9.67 Å². The Bertz CT molecular complexity index is 892. The summed E-state index contributed by atoms with van der Waals surface area (Å²) in [6.07, 6.45) is 2.50. The van der Waals surface area contributed by atoms with Crippen molar-refractivity contribution in [2.45, 2.75) is 25.1 Å². The molecule has 136 valence electrons. The molecule has 9 heteroatoms. The number of piperidine rings is 1. The summed E-state index contributed by atoms with van der Waals surface area (Å²) in [6, 6.07) is 5.41. The van der Waals surface area contributed by atoms with E-state index in [1.165, 1.54) is 6.07 Å². The van der Waals surface area contributed by atoms with Gasteiger partial charge in [-0.2, -0.15) is 13.2 Å². The Hall–Kier alpha value is -2.68. The molecule has 0 radical (unpaired) electrons. The van der Waals surface area contributed by atoms with Crippen LogP contribution in [0.25, 0.3) is 17.2 Å². The second kappa shape index (κ2) is 6.56. The maximum atomic E-state index is 13.0. The zero-order chi connectivity index (χ0) is 18.1. The predicted octanol–water partition coefficient (Wildman–Crippen LogP) is 3.07. The molecule has 1 aliphatic rings. The van der Waals surface area contributed by atoms with E-state index in [1.54, 1.807) is 23.0 Å². The van der Waals surface area contributed by atoms with Crippen molar-refractivity contribution in [2.75, 3.05) is 13.1 Å². The van der Waals surface area contributed by atoms with Crippen molar-refractivity contribution in [2.24, 2.45) is 0 Å². The molecule has 3 heterocycles. The van der Waals surface area contributed by atoms with Gasteiger partial charge in [-0.3, -0.25) is 4.57 Å². The molecule has 1 N–H and O–H groups in total. The van der Waals surface area contributed by atoms with Gasteiger partial charge in [0.2, 0.25) is 0 Å². The van der Waals surface area contributed by atoms with Gasteiger partial charge in [0.1, 0.15) is 5.69 Å². The van der Waals surface area contributed by atoms with Gasteiger partial charge in [0, 0.05) is 18.1 Å². The Kier molecular flexibility index (Phi) is 4.23. The number of benzene rings is 1. The molecule has 4 rings (SSSR count). The van der Waals surface area contributed by atoms with E-state index in [4.69, 9.17) is 0 Å². The second-order valence-corrected chi connectivity index (χ2v) is 6.23. The summed E-state index contributed by atoms with van der Waals surface area (Å²) in [5.74, 6) is 0.463. The summed E-state index contributed by atoms with van der Waals surface area (Å²) in [7, 11) is 0. The van der Waals surface area contributed by atoms with Crippen LogP contribution in [0.15, 0.2) is 42.9 Å². The molecule has 1 saturated heterocycles. The highest BCUT2D eigenvalue weighted by molar-refractivity contribution is 5.53. The molecule has 1 aromatic carbocycles. The average Bonchev–Trinajstić information content (AvgIpc) is 3.31. The van der Waals surface area contributed by atoms with Gasteiger partial charge in [0.05, 0.1) is 17.8 Å². The van der Waals surface area contributed by atoms with Crippen molar-refractivity contribution in [1.82, 2.24) is 29.9 Å². The first-order valence-electron chi connectivity index (χ1n) is 8.36. The van der Waals surface area contributed by atoms with Crippen LogP contribution in [0.2, 0.25) is 0 Å². The highest BCUT2D eigenvalue weighted by atomic mass is 19.4. The number of aromatic nitrogens is 5. The van der Waals surface area contributed by atoms with Gasteiger partial charge in [0.15, 0.2) is 5.82 Å². The molecule has 0 spiro atoms. The van der Waals surface area contributed by atoms with E-state index >= 15 is 0 Å². The SMILES string of the molecule is FC(F)(F)c1cccc(-n2ccnc2-c2cn(C3CCNCC3)nn2)c1. The standard InChI is InChI=1S/C17H17F3N6/c18-17(19,20)12-2-1-3-14(10-12)25-9-8-22-16(25)15-11-26(24-23-15)13-4-6-21-7-5-13/h1-3,8-11,13,21H,4-7H2. The average molecular weight is 362 g/mol. The molecule has 26 heavy (non-hydrogen) atoms. The van der Waals surface area contributed by atoms with Crippen LogP contribution in [-0.2, 0) is 6.18 Å². The van der Waals surface area contributed by atoms with Gasteiger partial charge in [-0.05, 0) is 44.1 Å². The molecular weight excluding hydrogens is 345 g/mol. The van der Waals surface area contributed by atoms with Crippen molar-refractivity contribution < 1.29 is 13.2 Å². The zero-order valence-electron chi connectivity index (χ0n) is 13.8. The zero-order valence-corrected chi connectivity index (χ0v) is 13.8. The van der Waals surface area contributed by atoms with Crippen LogP contribution < -0.4 is 5.32 Å². The van der Waals surface area contributed by atoms with Gasteiger partial charge >= 0.3 is 6.18 Å². The van der Waals surface area contributed by atoms with Crippen LogP contribution in [0.5, 0.6) is 0 Å². The minimum atomic E-state index is -4.39. The topological polar surface area (TPSA) is 60.6 Å². The van der Waals surface area contributed by atoms with Crippen molar-refractivity contribution in [3.63, 3.8) is 0 Å². The fraction of sp³-hybridized carbons (Fsp3) is 0.353. The Morgan fingerprint density at radius 3 is 2.73 bits per heavy atom. The van der Waals surface area contributed by atoms with Crippen LogP contribution in [0, 0.1) is 0 Å². The number of nitrogens with zero attached hydrogens (tertiary/aromatic N) is 5. The van der Waals surface area contributed by atoms with E-state index in [0.29, 0.717) is 17.2 Å². The van der Waals surface area contributed by atoms with Crippen molar-refractivity contribution in [3.8, 4) is 17.2 Å². The number of halogens is 3. The highest BCUT2D eigenvalue weighted by Crippen LogP contribution is 2.31. The fourth-order valence-electron chi connectivity index (χ4n) is 3.16. The third kappa shape index (κ3) is 3.22. The van der Waals surface area contributed by atoms with E-state index in [0.717, 1.165) is 38.1 Å². The normalized spacial score (nSPS) is 16.1. The molecule has 3 aromatic rings. The van der Waals surface area contributed by atoms with E-state index < -0.39 is 11.7 Å². The molecule has 0 bridgehead atoms. The van der Waals surface area contributed by atoms with Crippen LogP contribution in [0.4, 0.5) is 13.2 Å². The number of imidazole rings is 1. The van der Waals surface area contributed by atoms with Gasteiger partial charge in [0.25, 0.3) is 0 Å². The molecule has 1 fully saturated rings. The number of alkyl halides is 3. The molecule has 0 unspecified atom stereocenters. The van der Waals surface area contributed by atoms with Gasteiger partial charge in [-0.1, -0.05) is 11.3 Å². The molecule has 6 nitrogen and oxygen atoms in total. The summed E-state index contributed by atoms with van der Waals surface area (Å²) >= 11 is 0. The quantitative estimate of drug-likeness (QED) is 0.778. The molecule has 0 aliphatic carbocycles. The van der Waals surface area contributed by atoms with Crippen molar-refractivity contribution in [3.05, 3.63) is 48.4 Å². The summed E-state index contributed by atoms with van der Waals surface area (Å²) in [6.45, 7) is 1.86. The second-order valence-electron chi connectivity index (χ2n) is 6.23. The Morgan fingerprint density at radius 2 is 1.96 bits per heavy atom. The number of hydrogen-bond acceptors (Lipinski definition) is 4. The maximum Gasteiger partial charge on any atom is 0.416 e. The Labute approximate surface area is 147 Å². The third-order valence-electron chi connectivity index (χ3n) is 4.51. The molecule has 0 atom stereocenters. The van der Waals surface area contributed by atoms with Crippen molar-refractivity contribution >= 4 is 0 Å². The summed E-state index contributed by atoms with van der Waals surface area (Å²) < 4.78 is 42.4. The minimum absolute atomic E-state index is 0.273. The van der Waals surface area contributed by atoms with Gasteiger partial charge < -0.3 is 5.32 Å². The van der Waals surface area contributed by atoms with Gasteiger partial charge in [-0.15, -0.1) is 5.10 Å². The summed E-state index contributed by atoms with van der Waals surface area (Å²) in [5, 5.41) is 11.7. The van der Waals surface area contributed by atoms with Crippen LogP contribution >= 0.6 is 0 Å². The lowest BCUT2D eigenvalue weighted by molar-refractivity contribution is -0.137. The Morgan fingerprint density at radius 1 is 1.15 bits per heavy atom. The first-order chi connectivity index (χ1) is 12.5. The maximum absolute atomic E-state index is 13.0. The molecule has 0 saturated carbocycles. The van der Waals surface area contributed by atoms with Crippen molar-refractivity contribution in [1.29, 1.82) is 0 Å². The molecule has 1 aliphatic heterocycles. The molecule has 2 aromatic heterocycles.